The monoisotopic (exact) mass is 253 g/mol. The van der Waals surface area contributed by atoms with E-state index in [0.29, 0.717) is 23.1 Å². The smallest absolute Gasteiger partial charge is 0.156 e. The van der Waals surface area contributed by atoms with Gasteiger partial charge < -0.3 is 4.90 Å². The Hall–Kier alpha value is -1.16. The highest BCUT2D eigenvalue weighted by molar-refractivity contribution is 6.32. The molecule has 2 rings (SSSR count). The molecule has 2 atom stereocenters. The first kappa shape index (κ1) is 12.3. The van der Waals surface area contributed by atoms with Crippen molar-refractivity contribution in [2.45, 2.75) is 20.3 Å². The molecule has 0 bridgehead atoms. The zero-order valence-corrected chi connectivity index (χ0v) is 11.0. The van der Waals surface area contributed by atoms with Crippen LogP contribution in [0.5, 0.6) is 0 Å². The molecule has 5 heteroatoms. The van der Waals surface area contributed by atoms with E-state index >= 15 is 0 Å². The normalized spacial score (nSPS) is 22.4. The van der Waals surface area contributed by atoms with Crippen molar-refractivity contribution in [2.24, 2.45) is 11.8 Å². The number of rotatable bonds is 4. The summed E-state index contributed by atoms with van der Waals surface area (Å²) in [7, 11) is 1.94. The number of hydrogen-bond acceptors (Lipinski definition) is 4. The van der Waals surface area contributed by atoms with Crippen LogP contribution in [0.25, 0.3) is 0 Å². The Morgan fingerprint density at radius 1 is 1.53 bits per heavy atom. The molecule has 92 valence electrons. The van der Waals surface area contributed by atoms with Crippen molar-refractivity contribution >= 4 is 23.7 Å². The molecule has 2 unspecified atom stereocenters. The number of carbonyl (C=O) groups excluding carboxylic acids is 1. The summed E-state index contributed by atoms with van der Waals surface area (Å²) in [6.07, 6.45) is 1.97. The average molecular weight is 254 g/mol. The number of aryl methyl sites for hydroxylation is 1. The summed E-state index contributed by atoms with van der Waals surface area (Å²) in [6.45, 7) is 4.92. The van der Waals surface area contributed by atoms with Crippen LogP contribution in [0.3, 0.4) is 0 Å². The number of halogens is 1. The molecule has 0 saturated heterocycles. The Morgan fingerprint density at radius 3 is 2.71 bits per heavy atom. The number of anilines is 1. The predicted octanol–water partition coefficient (Wildman–Crippen LogP) is 2.34. The van der Waals surface area contributed by atoms with Gasteiger partial charge in [-0.1, -0.05) is 18.5 Å². The van der Waals surface area contributed by atoms with Gasteiger partial charge in [0.1, 0.15) is 16.8 Å². The molecule has 17 heavy (non-hydrogen) atoms. The lowest BCUT2D eigenvalue weighted by Gasteiger charge is -2.20. The lowest BCUT2D eigenvalue weighted by atomic mass is 10.2. The standard InChI is InChI=1S/C12H16ClN3O/c1-7-4-9(7)5-16(3)12-10(6-17)11(13)14-8(2)15-12/h6-7,9H,4-5H2,1-3H3. The van der Waals surface area contributed by atoms with Crippen molar-refractivity contribution in [3.8, 4) is 0 Å². The molecule has 1 aliphatic rings. The largest absolute Gasteiger partial charge is 0.359 e. The summed E-state index contributed by atoms with van der Waals surface area (Å²) in [5.74, 6) is 2.70. The highest BCUT2D eigenvalue weighted by atomic mass is 35.5. The van der Waals surface area contributed by atoms with Gasteiger partial charge in [-0.05, 0) is 25.2 Å². The van der Waals surface area contributed by atoms with E-state index in [1.165, 1.54) is 6.42 Å². The minimum Gasteiger partial charge on any atom is -0.359 e. The van der Waals surface area contributed by atoms with Crippen LogP contribution in [0.4, 0.5) is 5.82 Å². The number of aldehydes is 1. The van der Waals surface area contributed by atoms with E-state index in [-0.39, 0.29) is 5.15 Å². The molecule has 1 aromatic rings. The van der Waals surface area contributed by atoms with Crippen molar-refractivity contribution in [2.75, 3.05) is 18.5 Å². The van der Waals surface area contributed by atoms with Crippen molar-refractivity contribution in [1.82, 2.24) is 9.97 Å². The van der Waals surface area contributed by atoms with Crippen LogP contribution in [0.15, 0.2) is 0 Å². The van der Waals surface area contributed by atoms with E-state index in [1.54, 1.807) is 6.92 Å². The Bertz CT molecular complexity index is 450. The molecule has 0 amide bonds. The van der Waals surface area contributed by atoms with E-state index in [1.807, 2.05) is 11.9 Å². The first-order valence-corrected chi connectivity index (χ1v) is 6.11. The fourth-order valence-electron chi connectivity index (χ4n) is 2.02. The van der Waals surface area contributed by atoms with Crippen molar-refractivity contribution in [3.05, 3.63) is 16.5 Å². The molecular formula is C12H16ClN3O. The van der Waals surface area contributed by atoms with Crippen LogP contribution in [0.2, 0.25) is 5.15 Å². The van der Waals surface area contributed by atoms with E-state index in [9.17, 15) is 4.79 Å². The van der Waals surface area contributed by atoms with E-state index in [4.69, 9.17) is 11.6 Å². The predicted molar refractivity (Wildman–Crippen MR) is 67.7 cm³/mol. The van der Waals surface area contributed by atoms with Crippen molar-refractivity contribution in [3.63, 3.8) is 0 Å². The second-order valence-corrected chi connectivity index (χ2v) is 5.13. The minimum atomic E-state index is 0.234. The Morgan fingerprint density at radius 2 is 2.18 bits per heavy atom. The molecule has 1 heterocycles. The van der Waals surface area contributed by atoms with Crippen LogP contribution < -0.4 is 4.90 Å². The number of carbonyl (C=O) groups is 1. The highest BCUT2D eigenvalue weighted by Crippen LogP contribution is 2.38. The third-order valence-electron chi connectivity index (χ3n) is 3.25. The quantitative estimate of drug-likeness (QED) is 0.610. The Balaban J connectivity index is 2.26. The van der Waals surface area contributed by atoms with Gasteiger partial charge in [-0.25, -0.2) is 9.97 Å². The van der Waals surface area contributed by atoms with Gasteiger partial charge in [0, 0.05) is 13.6 Å². The Labute approximate surface area is 106 Å². The number of nitrogens with zero attached hydrogens (tertiary/aromatic N) is 3. The van der Waals surface area contributed by atoms with E-state index < -0.39 is 0 Å². The second-order valence-electron chi connectivity index (χ2n) is 4.77. The molecule has 1 fully saturated rings. The summed E-state index contributed by atoms with van der Waals surface area (Å²) in [4.78, 5) is 21.3. The molecule has 1 aromatic heterocycles. The van der Waals surface area contributed by atoms with Gasteiger partial charge in [-0.2, -0.15) is 0 Å². The first-order valence-electron chi connectivity index (χ1n) is 5.73. The molecular weight excluding hydrogens is 238 g/mol. The number of hydrogen-bond donors (Lipinski definition) is 0. The van der Waals surface area contributed by atoms with E-state index in [0.717, 1.165) is 18.7 Å². The summed E-state index contributed by atoms with van der Waals surface area (Å²) < 4.78 is 0. The van der Waals surface area contributed by atoms with Crippen LogP contribution in [0.1, 0.15) is 29.5 Å². The summed E-state index contributed by atoms with van der Waals surface area (Å²) in [6, 6.07) is 0. The SMILES string of the molecule is Cc1nc(Cl)c(C=O)c(N(C)CC2CC2C)n1. The number of aromatic nitrogens is 2. The summed E-state index contributed by atoms with van der Waals surface area (Å²) in [5.41, 5.74) is 0.382. The molecule has 4 nitrogen and oxygen atoms in total. The van der Waals surface area contributed by atoms with E-state index in [2.05, 4.69) is 16.9 Å². The topological polar surface area (TPSA) is 46.1 Å². The molecule has 0 radical (unpaired) electrons. The molecule has 0 spiro atoms. The zero-order chi connectivity index (χ0) is 12.6. The zero-order valence-electron chi connectivity index (χ0n) is 10.3. The lowest BCUT2D eigenvalue weighted by Crippen LogP contribution is -2.23. The Kier molecular flexibility index (Phi) is 3.33. The fraction of sp³-hybridized carbons (Fsp3) is 0.583. The maximum Gasteiger partial charge on any atom is 0.156 e. The summed E-state index contributed by atoms with van der Waals surface area (Å²) >= 11 is 5.95. The van der Waals surface area contributed by atoms with Gasteiger partial charge in [-0.15, -0.1) is 0 Å². The van der Waals surface area contributed by atoms with Crippen LogP contribution >= 0.6 is 11.6 Å². The van der Waals surface area contributed by atoms with Gasteiger partial charge >= 0.3 is 0 Å². The average Bonchev–Trinajstić information content (AvgIpc) is 2.93. The van der Waals surface area contributed by atoms with Gasteiger partial charge in [0.15, 0.2) is 6.29 Å². The third kappa shape index (κ3) is 2.57. The fourth-order valence-corrected chi connectivity index (χ4v) is 2.27. The molecule has 0 N–H and O–H groups in total. The first-order chi connectivity index (χ1) is 8.02. The molecule has 1 aliphatic carbocycles. The maximum atomic E-state index is 11.0. The van der Waals surface area contributed by atoms with Gasteiger partial charge in [0.25, 0.3) is 0 Å². The third-order valence-corrected chi connectivity index (χ3v) is 3.54. The highest BCUT2D eigenvalue weighted by Gasteiger charge is 2.34. The summed E-state index contributed by atoms with van der Waals surface area (Å²) in [5, 5.41) is 0.234. The molecule has 1 saturated carbocycles. The maximum absolute atomic E-state index is 11.0. The van der Waals surface area contributed by atoms with Crippen LogP contribution in [-0.2, 0) is 0 Å². The molecule has 0 aromatic carbocycles. The van der Waals surface area contributed by atoms with Gasteiger partial charge in [0.05, 0.1) is 5.56 Å². The van der Waals surface area contributed by atoms with Gasteiger partial charge in [0.2, 0.25) is 0 Å². The van der Waals surface area contributed by atoms with Crippen molar-refractivity contribution < 1.29 is 4.79 Å². The lowest BCUT2D eigenvalue weighted by molar-refractivity contribution is 0.112. The minimum absolute atomic E-state index is 0.234. The van der Waals surface area contributed by atoms with Crippen molar-refractivity contribution in [1.29, 1.82) is 0 Å². The second kappa shape index (κ2) is 4.61. The molecule has 0 aliphatic heterocycles. The van der Waals surface area contributed by atoms with Crippen LogP contribution in [0, 0.1) is 18.8 Å². The van der Waals surface area contributed by atoms with Crippen LogP contribution in [-0.4, -0.2) is 29.8 Å². The van der Waals surface area contributed by atoms with Gasteiger partial charge in [-0.3, -0.25) is 4.79 Å².